The average molecular weight is 329 g/mol. The number of benzene rings is 1. The number of hydrogen-bond donors (Lipinski definition) is 4. The summed E-state index contributed by atoms with van der Waals surface area (Å²) in [5, 5.41) is 9.79. The summed E-state index contributed by atoms with van der Waals surface area (Å²) in [5.41, 5.74) is 6.80. The van der Waals surface area contributed by atoms with Crippen molar-refractivity contribution in [3.05, 3.63) is 41.3 Å². The van der Waals surface area contributed by atoms with Crippen LogP contribution in [-0.2, 0) is 16.6 Å². The van der Waals surface area contributed by atoms with Crippen LogP contribution in [0.1, 0.15) is 5.56 Å². The fourth-order valence-electron chi connectivity index (χ4n) is 1.49. The van der Waals surface area contributed by atoms with Gasteiger partial charge in [-0.3, -0.25) is 15.1 Å². The number of halogens is 1. The molecule has 0 saturated carbocycles. The highest BCUT2D eigenvalue weighted by Gasteiger charge is 2.17. The third-order valence-corrected chi connectivity index (χ3v) is 4.65. The number of rotatable bonds is 5. The van der Waals surface area contributed by atoms with Crippen LogP contribution in [0.25, 0.3) is 0 Å². The maximum absolute atomic E-state index is 13.9. The van der Waals surface area contributed by atoms with Crippen molar-refractivity contribution >= 4 is 32.3 Å². The monoisotopic (exact) mass is 329 g/mol. The molecule has 21 heavy (non-hydrogen) atoms. The Balaban J connectivity index is 2.20. The zero-order chi connectivity index (χ0) is 15.5. The second-order valence-corrected chi connectivity index (χ2v) is 6.56. The Labute approximate surface area is 124 Å². The summed E-state index contributed by atoms with van der Waals surface area (Å²) >= 11 is 1.12. The highest BCUT2D eigenvalue weighted by molar-refractivity contribution is 7.93. The van der Waals surface area contributed by atoms with Gasteiger partial charge in [-0.25, -0.2) is 12.8 Å². The van der Waals surface area contributed by atoms with Crippen LogP contribution in [0, 0.1) is 11.2 Å². The molecule has 112 valence electrons. The molecule has 0 unspecified atom stereocenters. The Bertz CT molecular complexity index is 746. The molecule has 2 rings (SSSR count). The van der Waals surface area contributed by atoms with E-state index in [9.17, 15) is 12.8 Å². The number of guanidine groups is 1. The maximum Gasteiger partial charge on any atom is 0.262 e. The largest absolute Gasteiger partial charge is 0.370 e. The first-order valence-corrected chi connectivity index (χ1v) is 8.02. The maximum atomic E-state index is 13.9. The highest BCUT2D eigenvalue weighted by atomic mass is 32.2. The molecule has 0 saturated heterocycles. The predicted molar refractivity (Wildman–Crippen MR) is 78.1 cm³/mol. The molecule has 0 aliphatic carbocycles. The Kier molecular flexibility index (Phi) is 4.38. The number of nitrogens with two attached hydrogens (primary N) is 1. The van der Waals surface area contributed by atoms with Gasteiger partial charge in [-0.2, -0.15) is 0 Å². The van der Waals surface area contributed by atoms with Gasteiger partial charge in [0, 0.05) is 12.1 Å². The molecule has 0 aliphatic heterocycles. The van der Waals surface area contributed by atoms with Crippen molar-refractivity contribution in [3.8, 4) is 0 Å². The van der Waals surface area contributed by atoms with Crippen LogP contribution in [0.2, 0.25) is 0 Å². The van der Waals surface area contributed by atoms with Crippen molar-refractivity contribution < 1.29 is 12.8 Å². The van der Waals surface area contributed by atoms with Gasteiger partial charge >= 0.3 is 0 Å². The van der Waals surface area contributed by atoms with Crippen LogP contribution >= 0.6 is 11.3 Å². The first-order valence-electron chi connectivity index (χ1n) is 5.66. The minimum Gasteiger partial charge on any atom is -0.370 e. The molecule has 1 aromatic carbocycles. The van der Waals surface area contributed by atoms with Crippen LogP contribution in [0.3, 0.4) is 0 Å². The summed E-state index contributed by atoms with van der Waals surface area (Å²) in [4.78, 5) is 3.56. The topological polar surface area (TPSA) is 121 Å². The van der Waals surface area contributed by atoms with Crippen molar-refractivity contribution in [1.29, 1.82) is 5.41 Å². The Morgan fingerprint density at radius 1 is 1.48 bits per heavy atom. The van der Waals surface area contributed by atoms with Gasteiger partial charge in [0.05, 0.1) is 16.6 Å². The Morgan fingerprint density at radius 3 is 2.81 bits per heavy atom. The van der Waals surface area contributed by atoms with Crippen LogP contribution in [-0.4, -0.2) is 19.4 Å². The van der Waals surface area contributed by atoms with Gasteiger partial charge in [0.25, 0.3) is 10.0 Å². The van der Waals surface area contributed by atoms with E-state index in [1.54, 1.807) is 0 Å². The third kappa shape index (κ3) is 3.89. The summed E-state index contributed by atoms with van der Waals surface area (Å²) in [6, 6.07) is 3.52. The lowest BCUT2D eigenvalue weighted by Gasteiger charge is -2.09. The van der Waals surface area contributed by atoms with Crippen molar-refractivity contribution in [2.24, 2.45) is 5.73 Å². The molecule has 0 aliphatic rings. The van der Waals surface area contributed by atoms with E-state index >= 15 is 0 Å². The molecule has 0 radical (unpaired) electrons. The van der Waals surface area contributed by atoms with Gasteiger partial charge < -0.3 is 11.1 Å². The lowest BCUT2D eigenvalue weighted by Crippen LogP contribution is -2.29. The molecular formula is C11H12FN5O2S2. The molecule has 1 aromatic heterocycles. The summed E-state index contributed by atoms with van der Waals surface area (Å²) in [6.45, 7) is 0.00374. The normalized spacial score (nSPS) is 11.1. The summed E-state index contributed by atoms with van der Waals surface area (Å²) in [6.07, 6.45) is 1.36. The van der Waals surface area contributed by atoms with Gasteiger partial charge in [-0.05, 0) is 12.1 Å². The SMILES string of the molecule is N=C(N)NCc1ccc(S(=O)(=O)Nc2cncs2)cc1F. The number of anilines is 1. The standard InChI is InChI=1S/C11H12FN5O2S2/c12-9-3-8(2-1-7(9)4-16-11(13)14)21(18,19)17-10-5-15-6-20-10/h1-3,5-6,17H,4H2,(H4,13,14,16). The van der Waals surface area contributed by atoms with E-state index in [0.717, 1.165) is 17.4 Å². The number of sulfonamides is 1. The number of aromatic nitrogens is 1. The summed E-state index contributed by atoms with van der Waals surface area (Å²) in [5.74, 6) is -0.992. The van der Waals surface area contributed by atoms with E-state index in [0.29, 0.717) is 5.00 Å². The number of hydrogen-bond acceptors (Lipinski definition) is 5. The van der Waals surface area contributed by atoms with Crippen molar-refractivity contribution in [3.63, 3.8) is 0 Å². The molecule has 10 heteroatoms. The number of nitrogens with one attached hydrogen (secondary N) is 3. The molecule has 1 heterocycles. The second-order valence-electron chi connectivity index (χ2n) is 3.99. The van der Waals surface area contributed by atoms with E-state index in [2.05, 4.69) is 15.0 Å². The molecule has 2 aromatic rings. The molecule has 0 bridgehead atoms. The predicted octanol–water partition coefficient (Wildman–Crippen LogP) is 1.07. The fourth-order valence-corrected chi connectivity index (χ4v) is 3.31. The van der Waals surface area contributed by atoms with E-state index < -0.39 is 15.8 Å². The van der Waals surface area contributed by atoms with E-state index in [-0.39, 0.29) is 23.0 Å². The zero-order valence-corrected chi connectivity index (χ0v) is 12.3. The summed E-state index contributed by atoms with van der Waals surface area (Å²) in [7, 11) is -3.86. The van der Waals surface area contributed by atoms with Crippen LogP contribution in [0.5, 0.6) is 0 Å². The third-order valence-electron chi connectivity index (χ3n) is 2.47. The Hall–Kier alpha value is -2.20. The number of thiazole rings is 1. The van der Waals surface area contributed by atoms with E-state index in [1.165, 1.54) is 23.8 Å². The van der Waals surface area contributed by atoms with Crippen LogP contribution in [0.15, 0.2) is 34.8 Å². The van der Waals surface area contributed by atoms with E-state index in [4.69, 9.17) is 11.1 Å². The van der Waals surface area contributed by atoms with Gasteiger partial charge in [0.2, 0.25) is 0 Å². The molecule has 5 N–H and O–H groups in total. The van der Waals surface area contributed by atoms with Gasteiger partial charge in [0.1, 0.15) is 10.8 Å². The molecule has 0 spiro atoms. The fraction of sp³-hybridized carbons (Fsp3) is 0.0909. The van der Waals surface area contributed by atoms with Crippen molar-refractivity contribution in [2.45, 2.75) is 11.4 Å². The molecule has 7 nitrogen and oxygen atoms in total. The lowest BCUT2D eigenvalue weighted by atomic mass is 10.2. The smallest absolute Gasteiger partial charge is 0.262 e. The first-order chi connectivity index (χ1) is 9.88. The lowest BCUT2D eigenvalue weighted by molar-refractivity contribution is 0.588. The first kappa shape index (κ1) is 15.2. The second kappa shape index (κ2) is 6.06. The minimum atomic E-state index is -3.86. The minimum absolute atomic E-state index is 0.00374. The molecule has 0 atom stereocenters. The zero-order valence-electron chi connectivity index (χ0n) is 10.6. The average Bonchev–Trinajstić information content (AvgIpc) is 2.89. The highest BCUT2D eigenvalue weighted by Crippen LogP contribution is 2.20. The van der Waals surface area contributed by atoms with Gasteiger partial charge in [-0.1, -0.05) is 6.07 Å². The molecule has 0 fully saturated rings. The van der Waals surface area contributed by atoms with Gasteiger partial charge in [0.15, 0.2) is 5.96 Å². The van der Waals surface area contributed by atoms with Gasteiger partial charge in [-0.15, -0.1) is 11.3 Å². The quantitative estimate of drug-likeness (QED) is 0.483. The molecule has 0 amide bonds. The molecular weight excluding hydrogens is 317 g/mol. The van der Waals surface area contributed by atoms with Crippen molar-refractivity contribution in [1.82, 2.24) is 10.3 Å². The Morgan fingerprint density at radius 2 is 2.24 bits per heavy atom. The summed E-state index contributed by atoms with van der Waals surface area (Å²) < 4.78 is 40.3. The van der Waals surface area contributed by atoms with Crippen LogP contribution < -0.4 is 15.8 Å². The number of nitrogens with zero attached hydrogens (tertiary/aromatic N) is 1. The van der Waals surface area contributed by atoms with Crippen LogP contribution in [0.4, 0.5) is 9.39 Å². The van der Waals surface area contributed by atoms with E-state index in [1.807, 2.05) is 0 Å². The van der Waals surface area contributed by atoms with Crippen molar-refractivity contribution in [2.75, 3.05) is 4.72 Å².